The molecule has 0 amide bonds. The molecule has 5 heteroatoms. The van der Waals surface area contributed by atoms with Crippen molar-refractivity contribution in [1.82, 2.24) is 0 Å². The Morgan fingerprint density at radius 1 is 0.812 bits per heavy atom. The summed E-state index contributed by atoms with van der Waals surface area (Å²) in [6.45, 7) is 2.44. The van der Waals surface area contributed by atoms with Crippen LogP contribution >= 0.6 is 0 Å². The first kappa shape index (κ1) is 22.3. The first-order valence-electron chi connectivity index (χ1n) is 11.2. The third-order valence-electron chi connectivity index (χ3n) is 6.03. The van der Waals surface area contributed by atoms with Crippen molar-refractivity contribution < 1.29 is 22.6 Å². The zero-order valence-electron chi connectivity index (χ0n) is 18.2. The van der Waals surface area contributed by atoms with Crippen molar-refractivity contribution in [2.75, 3.05) is 6.61 Å². The molecule has 0 aliphatic heterocycles. The fraction of sp³-hybridized carbons (Fsp3) is 0.333. The van der Waals surface area contributed by atoms with Gasteiger partial charge >= 0.3 is 0 Å². The van der Waals surface area contributed by atoms with Gasteiger partial charge in [0.2, 0.25) is 0 Å². The van der Waals surface area contributed by atoms with Gasteiger partial charge in [0.1, 0.15) is 12.4 Å². The summed E-state index contributed by atoms with van der Waals surface area (Å²) < 4.78 is 54.6. The van der Waals surface area contributed by atoms with E-state index in [0.29, 0.717) is 23.5 Å². The van der Waals surface area contributed by atoms with Gasteiger partial charge in [-0.25, -0.2) is 13.2 Å². The fourth-order valence-electron chi connectivity index (χ4n) is 4.31. The second kappa shape index (κ2) is 10.1. The van der Waals surface area contributed by atoms with E-state index in [1.807, 2.05) is 6.92 Å². The second-order valence-corrected chi connectivity index (χ2v) is 8.18. The predicted molar refractivity (Wildman–Crippen MR) is 120 cm³/mol. The molecule has 2 nitrogen and oxygen atoms in total. The summed E-state index contributed by atoms with van der Waals surface area (Å²) in [5.74, 6) is -1.34. The van der Waals surface area contributed by atoms with Gasteiger partial charge in [0.05, 0.1) is 6.61 Å². The maximum Gasteiger partial charge on any atom is 0.168 e. The molecule has 3 aromatic carbocycles. The van der Waals surface area contributed by atoms with Gasteiger partial charge in [0.15, 0.2) is 23.2 Å². The van der Waals surface area contributed by atoms with Crippen molar-refractivity contribution in [2.24, 2.45) is 0 Å². The number of rotatable bonds is 7. The van der Waals surface area contributed by atoms with Gasteiger partial charge in [-0.3, -0.25) is 0 Å². The molecule has 0 heterocycles. The molecule has 1 aliphatic carbocycles. The smallest absolute Gasteiger partial charge is 0.168 e. The number of hydrogen-bond acceptors (Lipinski definition) is 2. The van der Waals surface area contributed by atoms with Crippen LogP contribution in [-0.2, 0) is 6.61 Å². The molecule has 0 spiro atoms. The molecule has 3 aromatic rings. The van der Waals surface area contributed by atoms with Crippen molar-refractivity contribution >= 4 is 0 Å². The second-order valence-electron chi connectivity index (χ2n) is 8.18. The summed E-state index contributed by atoms with van der Waals surface area (Å²) in [5, 5.41) is 0. The van der Waals surface area contributed by atoms with E-state index in [0.717, 1.165) is 31.2 Å². The van der Waals surface area contributed by atoms with Crippen molar-refractivity contribution in [3.05, 3.63) is 83.2 Å². The Balaban J connectivity index is 1.45. The van der Waals surface area contributed by atoms with Crippen LogP contribution in [0, 0.1) is 17.5 Å². The molecular formula is C27H27F3O2. The normalized spacial score (nSPS) is 14.4. The Morgan fingerprint density at radius 2 is 1.56 bits per heavy atom. The van der Waals surface area contributed by atoms with Crippen LogP contribution in [0.15, 0.2) is 54.6 Å². The van der Waals surface area contributed by atoms with Crippen LogP contribution in [0.1, 0.15) is 56.1 Å². The highest BCUT2D eigenvalue weighted by Gasteiger charge is 2.22. The maximum atomic E-state index is 14.9. The highest BCUT2D eigenvalue weighted by Crippen LogP contribution is 2.37. The summed E-state index contributed by atoms with van der Waals surface area (Å²) >= 11 is 0. The molecule has 32 heavy (non-hydrogen) atoms. The Kier molecular flexibility index (Phi) is 7.03. The Bertz CT molecular complexity index is 1060. The SMILES string of the molecule is CCOc1ccc(OCc2ccc(-c3ccc(C4CCCCC4)c(F)c3F)cc2)c(F)c1. The van der Waals surface area contributed by atoms with Gasteiger partial charge in [0, 0.05) is 11.6 Å². The molecule has 0 atom stereocenters. The average Bonchev–Trinajstić information content (AvgIpc) is 2.81. The van der Waals surface area contributed by atoms with Gasteiger partial charge in [-0.15, -0.1) is 0 Å². The zero-order chi connectivity index (χ0) is 22.5. The van der Waals surface area contributed by atoms with Crippen LogP contribution < -0.4 is 9.47 Å². The molecule has 0 unspecified atom stereocenters. The van der Waals surface area contributed by atoms with Gasteiger partial charge in [-0.1, -0.05) is 55.7 Å². The predicted octanol–water partition coefficient (Wildman–Crippen LogP) is 7.80. The minimum atomic E-state index is -0.798. The van der Waals surface area contributed by atoms with Crippen LogP contribution in [0.25, 0.3) is 11.1 Å². The number of ether oxygens (including phenoxy) is 2. The third-order valence-corrected chi connectivity index (χ3v) is 6.03. The lowest BCUT2D eigenvalue weighted by Crippen LogP contribution is -2.08. The lowest BCUT2D eigenvalue weighted by atomic mass is 9.83. The van der Waals surface area contributed by atoms with E-state index in [4.69, 9.17) is 9.47 Å². The molecule has 4 rings (SSSR count). The molecule has 168 valence electrons. The number of benzene rings is 3. The molecular weight excluding hydrogens is 413 g/mol. The average molecular weight is 441 g/mol. The van der Waals surface area contributed by atoms with E-state index in [1.165, 1.54) is 18.6 Å². The largest absolute Gasteiger partial charge is 0.494 e. The van der Waals surface area contributed by atoms with E-state index in [2.05, 4.69) is 0 Å². The summed E-state index contributed by atoms with van der Waals surface area (Å²) in [7, 11) is 0. The summed E-state index contributed by atoms with van der Waals surface area (Å²) in [6.07, 6.45) is 5.13. The number of hydrogen-bond donors (Lipinski definition) is 0. The fourth-order valence-corrected chi connectivity index (χ4v) is 4.31. The minimum absolute atomic E-state index is 0.106. The van der Waals surface area contributed by atoms with Crippen LogP contribution in [0.4, 0.5) is 13.2 Å². The van der Waals surface area contributed by atoms with Crippen LogP contribution in [0.5, 0.6) is 11.5 Å². The first-order chi connectivity index (χ1) is 15.6. The van der Waals surface area contributed by atoms with E-state index < -0.39 is 17.5 Å². The van der Waals surface area contributed by atoms with E-state index in [-0.39, 0.29) is 23.8 Å². The first-order valence-corrected chi connectivity index (χ1v) is 11.2. The standard InChI is InChI=1S/C27H27F3O2/c1-2-31-21-12-15-25(24(28)16-21)32-17-18-8-10-20(11-9-18)23-14-13-22(26(29)27(23)30)19-6-4-3-5-7-19/h8-16,19H,2-7,17H2,1H3. The lowest BCUT2D eigenvalue weighted by Gasteiger charge is -2.23. The molecule has 0 bridgehead atoms. The molecule has 0 aromatic heterocycles. The highest BCUT2D eigenvalue weighted by molar-refractivity contribution is 5.65. The van der Waals surface area contributed by atoms with Crippen LogP contribution in [0.2, 0.25) is 0 Å². The molecule has 1 saturated carbocycles. The van der Waals surface area contributed by atoms with E-state index in [1.54, 1.807) is 42.5 Å². The van der Waals surface area contributed by atoms with Gasteiger partial charge < -0.3 is 9.47 Å². The summed E-state index contributed by atoms with van der Waals surface area (Å²) in [6, 6.07) is 14.9. The lowest BCUT2D eigenvalue weighted by molar-refractivity contribution is 0.287. The Hall–Kier alpha value is -2.95. The molecule has 1 aliphatic rings. The zero-order valence-corrected chi connectivity index (χ0v) is 18.2. The van der Waals surface area contributed by atoms with Gasteiger partial charge in [0.25, 0.3) is 0 Å². The maximum absolute atomic E-state index is 14.9. The summed E-state index contributed by atoms with van der Waals surface area (Å²) in [4.78, 5) is 0. The molecule has 0 radical (unpaired) electrons. The monoisotopic (exact) mass is 440 g/mol. The van der Waals surface area contributed by atoms with Crippen molar-refractivity contribution in [3.63, 3.8) is 0 Å². The van der Waals surface area contributed by atoms with Gasteiger partial charge in [-0.2, -0.15) is 0 Å². The third kappa shape index (κ3) is 4.93. The molecule has 0 N–H and O–H groups in total. The quantitative estimate of drug-likeness (QED) is 0.373. The van der Waals surface area contributed by atoms with Crippen LogP contribution in [0.3, 0.4) is 0 Å². The minimum Gasteiger partial charge on any atom is -0.494 e. The van der Waals surface area contributed by atoms with E-state index in [9.17, 15) is 13.2 Å². The molecule has 0 saturated heterocycles. The van der Waals surface area contributed by atoms with Crippen molar-refractivity contribution in [1.29, 1.82) is 0 Å². The topological polar surface area (TPSA) is 18.5 Å². The molecule has 1 fully saturated rings. The van der Waals surface area contributed by atoms with Gasteiger partial charge in [-0.05, 0) is 54.5 Å². The van der Waals surface area contributed by atoms with E-state index >= 15 is 0 Å². The summed E-state index contributed by atoms with van der Waals surface area (Å²) in [5.41, 5.74) is 2.12. The highest BCUT2D eigenvalue weighted by atomic mass is 19.2. The number of halogens is 3. The van der Waals surface area contributed by atoms with Crippen molar-refractivity contribution in [3.8, 4) is 22.6 Å². The Labute approximate surface area is 187 Å². The Morgan fingerprint density at radius 3 is 2.25 bits per heavy atom. The van der Waals surface area contributed by atoms with Crippen molar-refractivity contribution in [2.45, 2.75) is 51.6 Å². The van der Waals surface area contributed by atoms with Crippen LogP contribution in [-0.4, -0.2) is 6.61 Å².